The van der Waals surface area contributed by atoms with E-state index in [9.17, 15) is 0 Å². The van der Waals surface area contributed by atoms with E-state index in [-0.39, 0.29) is 0 Å². The second-order valence-corrected chi connectivity index (χ2v) is 7.62. The summed E-state index contributed by atoms with van der Waals surface area (Å²) < 4.78 is 0. The Kier molecular flexibility index (Phi) is 6.73. The topological polar surface area (TPSA) is 12.0 Å². The zero-order valence-electron chi connectivity index (χ0n) is 12.6. The molecule has 0 saturated heterocycles. The van der Waals surface area contributed by atoms with Gasteiger partial charge in [0.1, 0.15) is 0 Å². The normalized spacial score (nSPS) is 18.1. The van der Waals surface area contributed by atoms with E-state index >= 15 is 0 Å². The van der Waals surface area contributed by atoms with Crippen molar-refractivity contribution in [1.82, 2.24) is 5.32 Å². The summed E-state index contributed by atoms with van der Waals surface area (Å²) in [5.41, 5.74) is 2.50. The zero-order valence-corrected chi connectivity index (χ0v) is 14.2. The maximum Gasteiger partial charge on any atom is 0.0441 e. The van der Waals surface area contributed by atoms with Crippen molar-refractivity contribution < 1.29 is 0 Å². The first kappa shape index (κ1) is 16.2. The van der Waals surface area contributed by atoms with Crippen molar-refractivity contribution in [3.8, 4) is 0 Å². The molecule has 1 aliphatic carbocycles. The largest absolute Gasteiger partial charge is 0.316 e. The molecule has 1 unspecified atom stereocenters. The quantitative estimate of drug-likeness (QED) is 0.806. The first-order chi connectivity index (χ1) is 9.69. The molecule has 1 aromatic rings. The van der Waals surface area contributed by atoms with Gasteiger partial charge in [-0.2, -0.15) is 11.8 Å². The summed E-state index contributed by atoms with van der Waals surface area (Å²) in [6.07, 6.45) is 8.12. The van der Waals surface area contributed by atoms with Crippen molar-refractivity contribution in [3.05, 3.63) is 34.3 Å². The van der Waals surface area contributed by atoms with Gasteiger partial charge in [0, 0.05) is 22.1 Å². The van der Waals surface area contributed by atoms with Gasteiger partial charge in [-0.15, -0.1) is 0 Å². The zero-order chi connectivity index (χ0) is 14.4. The molecule has 3 heteroatoms. The minimum atomic E-state index is 0.516. The molecule has 1 N–H and O–H groups in total. The molecule has 2 rings (SSSR count). The first-order valence-corrected chi connectivity index (χ1v) is 9.15. The van der Waals surface area contributed by atoms with Crippen molar-refractivity contribution in [2.24, 2.45) is 0 Å². The van der Waals surface area contributed by atoms with Crippen LogP contribution in [-0.2, 0) is 6.42 Å². The number of halogens is 1. The third-order valence-corrected chi connectivity index (χ3v) is 6.06. The van der Waals surface area contributed by atoms with Crippen molar-refractivity contribution in [3.63, 3.8) is 0 Å². The Balaban J connectivity index is 1.84. The second kappa shape index (κ2) is 8.31. The van der Waals surface area contributed by atoms with Gasteiger partial charge < -0.3 is 5.32 Å². The fourth-order valence-corrected chi connectivity index (χ4v) is 4.58. The Labute approximate surface area is 132 Å². The molecule has 1 aliphatic rings. The van der Waals surface area contributed by atoms with E-state index in [1.165, 1.54) is 49.0 Å². The molecule has 1 aromatic carbocycles. The average molecular weight is 312 g/mol. The third kappa shape index (κ3) is 4.98. The summed E-state index contributed by atoms with van der Waals surface area (Å²) in [6, 6.07) is 6.91. The molecule has 0 aliphatic heterocycles. The lowest BCUT2D eigenvalue weighted by Gasteiger charge is -2.24. The van der Waals surface area contributed by atoms with Gasteiger partial charge >= 0.3 is 0 Å². The monoisotopic (exact) mass is 311 g/mol. The molecule has 1 fully saturated rings. The van der Waals surface area contributed by atoms with Crippen LogP contribution in [0.15, 0.2) is 18.2 Å². The van der Waals surface area contributed by atoms with E-state index in [0.29, 0.717) is 6.04 Å². The van der Waals surface area contributed by atoms with Gasteiger partial charge in [-0.3, -0.25) is 0 Å². The van der Waals surface area contributed by atoms with Crippen molar-refractivity contribution in [2.75, 3.05) is 12.8 Å². The Bertz CT molecular complexity index is 415. The predicted octanol–water partition coefficient (Wildman–Crippen LogP) is 4.84. The van der Waals surface area contributed by atoms with Gasteiger partial charge in [0.25, 0.3) is 0 Å². The number of nitrogens with one attached hydrogen (secondary N) is 1. The van der Waals surface area contributed by atoms with Crippen molar-refractivity contribution in [1.29, 1.82) is 0 Å². The Morgan fingerprint density at radius 2 is 2.05 bits per heavy atom. The molecule has 0 spiro atoms. The van der Waals surface area contributed by atoms with E-state index in [0.717, 1.165) is 16.7 Å². The van der Waals surface area contributed by atoms with E-state index < -0.39 is 0 Å². The minimum Gasteiger partial charge on any atom is -0.316 e. The highest BCUT2D eigenvalue weighted by atomic mass is 35.5. The molecule has 0 aromatic heterocycles. The molecule has 20 heavy (non-hydrogen) atoms. The van der Waals surface area contributed by atoms with Crippen LogP contribution in [0.25, 0.3) is 0 Å². The molecule has 0 amide bonds. The van der Waals surface area contributed by atoms with Crippen LogP contribution in [0.3, 0.4) is 0 Å². The number of aryl methyl sites for hydroxylation is 1. The molecule has 1 nitrogen and oxygen atoms in total. The number of benzene rings is 1. The third-order valence-electron chi connectivity index (χ3n) is 4.17. The van der Waals surface area contributed by atoms with Gasteiger partial charge in [-0.1, -0.05) is 43.0 Å². The maximum absolute atomic E-state index is 6.34. The summed E-state index contributed by atoms with van der Waals surface area (Å²) in [5.74, 6) is 1.19. The Morgan fingerprint density at radius 3 is 2.70 bits per heavy atom. The molecule has 1 atom stereocenters. The molecule has 1 saturated carbocycles. The Hall–Kier alpha value is -0.180. The fourth-order valence-electron chi connectivity index (χ4n) is 2.81. The van der Waals surface area contributed by atoms with Crippen LogP contribution < -0.4 is 5.32 Å². The highest BCUT2D eigenvalue weighted by Crippen LogP contribution is 2.29. The standard InChI is InChI=1S/C17H26ClNS/c1-13-8-9-14(17(18)10-13)11-15(19-2)12-20-16-6-4-3-5-7-16/h8-10,15-16,19H,3-7,11-12H2,1-2H3. The van der Waals surface area contributed by atoms with Crippen molar-refractivity contribution in [2.45, 2.75) is 56.7 Å². The first-order valence-electron chi connectivity index (χ1n) is 7.73. The summed E-state index contributed by atoms with van der Waals surface area (Å²) in [4.78, 5) is 0. The molecule has 0 bridgehead atoms. The highest BCUT2D eigenvalue weighted by molar-refractivity contribution is 7.99. The van der Waals surface area contributed by atoms with Crippen LogP contribution in [0, 0.1) is 6.92 Å². The van der Waals surface area contributed by atoms with Crippen LogP contribution in [0.2, 0.25) is 5.02 Å². The summed E-state index contributed by atoms with van der Waals surface area (Å²) in [5, 5.41) is 5.25. The Morgan fingerprint density at radius 1 is 1.30 bits per heavy atom. The lowest BCUT2D eigenvalue weighted by molar-refractivity contribution is 0.514. The summed E-state index contributed by atoms with van der Waals surface area (Å²) >= 11 is 8.50. The number of rotatable bonds is 6. The molecule has 0 heterocycles. The van der Waals surface area contributed by atoms with E-state index in [2.05, 4.69) is 49.2 Å². The lowest BCUT2D eigenvalue weighted by atomic mass is 10.0. The van der Waals surface area contributed by atoms with Crippen LogP contribution in [0.5, 0.6) is 0 Å². The van der Waals surface area contributed by atoms with Crippen LogP contribution in [0.4, 0.5) is 0 Å². The fraction of sp³-hybridized carbons (Fsp3) is 0.647. The van der Waals surface area contributed by atoms with E-state index in [1.807, 2.05) is 0 Å². The van der Waals surface area contributed by atoms with Crippen LogP contribution in [0.1, 0.15) is 43.2 Å². The summed E-state index contributed by atoms with van der Waals surface area (Å²) in [7, 11) is 2.06. The van der Waals surface area contributed by atoms with E-state index in [4.69, 9.17) is 11.6 Å². The maximum atomic E-state index is 6.34. The van der Waals surface area contributed by atoms with Crippen LogP contribution >= 0.6 is 23.4 Å². The number of hydrogen-bond donors (Lipinski definition) is 1. The predicted molar refractivity (Wildman–Crippen MR) is 92.1 cm³/mol. The van der Waals surface area contributed by atoms with Gasteiger partial charge in [0.15, 0.2) is 0 Å². The molecular weight excluding hydrogens is 286 g/mol. The number of thioether (sulfide) groups is 1. The molecule has 112 valence electrons. The number of likely N-dealkylation sites (N-methyl/N-ethyl adjacent to an activating group) is 1. The van der Waals surface area contributed by atoms with Gasteiger partial charge in [0.2, 0.25) is 0 Å². The summed E-state index contributed by atoms with van der Waals surface area (Å²) in [6.45, 7) is 2.09. The lowest BCUT2D eigenvalue weighted by Crippen LogP contribution is -2.31. The van der Waals surface area contributed by atoms with Crippen molar-refractivity contribution >= 4 is 23.4 Å². The molecule has 0 radical (unpaired) electrons. The highest BCUT2D eigenvalue weighted by Gasteiger charge is 2.17. The SMILES string of the molecule is CNC(CSC1CCCCC1)Cc1ccc(C)cc1Cl. The van der Waals surface area contributed by atoms with Gasteiger partial charge in [0.05, 0.1) is 0 Å². The average Bonchev–Trinajstić information content (AvgIpc) is 2.46. The van der Waals surface area contributed by atoms with E-state index in [1.54, 1.807) is 0 Å². The van der Waals surface area contributed by atoms with Gasteiger partial charge in [-0.05, 0) is 50.4 Å². The smallest absolute Gasteiger partial charge is 0.0441 e. The number of hydrogen-bond acceptors (Lipinski definition) is 2. The molecular formula is C17H26ClNS. The minimum absolute atomic E-state index is 0.516. The van der Waals surface area contributed by atoms with Gasteiger partial charge in [-0.25, -0.2) is 0 Å². The van der Waals surface area contributed by atoms with Crippen LogP contribution in [-0.4, -0.2) is 24.1 Å². The second-order valence-electron chi connectivity index (χ2n) is 5.88.